The van der Waals surface area contributed by atoms with Crippen LogP contribution < -0.4 is 5.32 Å². The molecule has 1 aromatic carbocycles. The van der Waals surface area contributed by atoms with Crippen LogP contribution in [0, 0.1) is 0 Å². The van der Waals surface area contributed by atoms with E-state index in [2.05, 4.69) is 5.32 Å². The molecule has 0 fully saturated rings. The molecule has 13 heavy (non-hydrogen) atoms. The van der Waals surface area contributed by atoms with Crippen molar-refractivity contribution in [1.82, 2.24) is 5.32 Å². The molecular formula is C11H11NO. The number of nitrogens with one attached hydrogen (secondary N) is 1. The zero-order valence-corrected chi connectivity index (χ0v) is 7.29. The zero-order chi connectivity index (χ0) is 9.10. The van der Waals surface area contributed by atoms with E-state index in [4.69, 9.17) is 0 Å². The van der Waals surface area contributed by atoms with Crippen LogP contribution in [-0.4, -0.2) is 12.8 Å². The van der Waals surface area contributed by atoms with E-state index in [1.807, 2.05) is 30.5 Å². The van der Waals surface area contributed by atoms with E-state index < -0.39 is 0 Å². The smallest absolute Gasteiger partial charge is 0.150 e. The molecule has 1 N–H and O–H groups in total. The van der Waals surface area contributed by atoms with Gasteiger partial charge in [-0.15, -0.1) is 0 Å². The first-order valence-electron chi connectivity index (χ1n) is 4.38. The highest BCUT2D eigenvalue weighted by atomic mass is 16.1. The highest BCUT2D eigenvalue weighted by Gasteiger charge is 2.05. The van der Waals surface area contributed by atoms with Crippen LogP contribution in [0.15, 0.2) is 30.5 Å². The molecule has 1 aromatic rings. The maximum absolute atomic E-state index is 10.4. The van der Waals surface area contributed by atoms with Crippen molar-refractivity contribution in [2.75, 3.05) is 6.54 Å². The molecule has 0 bridgehead atoms. The van der Waals surface area contributed by atoms with Gasteiger partial charge in [-0.1, -0.05) is 24.3 Å². The summed E-state index contributed by atoms with van der Waals surface area (Å²) in [4.78, 5) is 10.4. The number of benzene rings is 1. The molecule has 2 rings (SSSR count). The van der Waals surface area contributed by atoms with Gasteiger partial charge in [0.2, 0.25) is 0 Å². The van der Waals surface area contributed by atoms with Crippen LogP contribution in [0.5, 0.6) is 0 Å². The lowest BCUT2D eigenvalue weighted by molar-refractivity contribution is 0.112. The summed E-state index contributed by atoms with van der Waals surface area (Å²) in [6.07, 6.45) is 3.97. The minimum Gasteiger partial charge on any atom is -0.390 e. The molecule has 66 valence electrons. The summed E-state index contributed by atoms with van der Waals surface area (Å²) in [6, 6.07) is 7.67. The van der Waals surface area contributed by atoms with Gasteiger partial charge < -0.3 is 5.32 Å². The molecule has 2 nitrogen and oxygen atoms in total. The second-order valence-electron chi connectivity index (χ2n) is 3.11. The van der Waals surface area contributed by atoms with E-state index in [9.17, 15) is 4.79 Å². The molecule has 0 atom stereocenters. The van der Waals surface area contributed by atoms with Gasteiger partial charge in [-0.05, 0) is 17.6 Å². The second-order valence-corrected chi connectivity index (χ2v) is 3.11. The summed E-state index contributed by atoms with van der Waals surface area (Å²) in [5.74, 6) is 0. The van der Waals surface area contributed by atoms with Crippen molar-refractivity contribution >= 4 is 11.9 Å². The number of carbonyl (C=O) groups excluding carboxylic acids is 1. The molecule has 0 saturated heterocycles. The Morgan fingerprint density at radius 1 is 1.23 bits per heavy atom. The molecular weight excluding hydrogens is 162 g/mol. The highest BCUT2D eigenvalue weighted by molar-refractivity contribution is 5.76. The molecule has 0 radical (unpaired) electrons. The van der Waals surface area contributed by atoms with Gasteiger partial charge in [-0.2, -0.15) is 0 Å². The summed E-state index contributed by atoms with van der Waals surface area (Å²) >= 11 is 0. The van der Waals surface area contributed by atoms with Gasteiger partial charge in [-0.3, -0.25) is 4.79 Å². The molecule has 1 heterocycles. The topological polar surface area (TPSA) is 29.1 Å². The first-order chi connectivity index (χ1) is 6.40. The molecule has 2 heteroatoms. The van der Waals surface area contributed by atoms with Crippen molar-refractivity contribution in [2.24, 2.45) is 0 Å². The Hall–Kier alpha value is -1.57. The van der Waals surface area contributed by atoms with Gasteiger partial charge in [0.1, 0.15) is 6.29 Å². The first-order valence-corrected chi connectivity index (χ1v) is 4.38. The SMILES string of the molecule is O=Cc1ccc(C2=CNCC2)cc1. The van der Waals surface area contributed by atoms with Crippen LogP contribution in [0.25, 0.3) is 5.57 Å². The Bertz CT molecular complexity index is 338. The van der Waals surface area contributed by atoms with Crippen molar-refractivity contribution < 1.29 is 4.79 Å². The summed E-state index contributed by atoms with van der Waals surface area (Å²) < 4.78 is 0. The van der Waals surface area contributed by atoms with Crippen molar-refractivity contribution in [3.8, 4) is 0 Å². The van der Waals surface area contributed by atoms with Crippen molar-refractivity contribution in [3.63, 3.8) is 0 Å². The average Bonchev–Trinajstić information content (AvgIpc) is 2.71. The lowest BCUT2D eigenvalue weighted by atomic mass is 10.0. The monoisotopic (exact) mass is 173 g/mol. The zero-order valence-electron chi connectivity index (χ0n) is 7.29. The van der Waals surface area contributed by atoms with E-state index in [-0.39, 0.29) is 0 Å². The van der Waals surface area contributed by atoms with E-state index in [0.29, 0.717) is 0 Å². The third kappa shape index (κ3) is 1.61. The molecule has 0 aliphatic carbocycles. The lowest BCUT2D eigenvalue weighted by Crippen LogP contribution is -1.96. The van der Waals surface area contributed by atoms with Crippen molar-refractivity contribution in [1.29, 1.82) is 0 Å². The summed E-state index contributed by atoms with van der Waals surface area (Å²) in [5.41, 5.74) is 3.25. The summed E-state index contributed by atoms with van der Waals surface area (Å²) in [6.45, 7) is 1.02. The van der Waals surface area contributed by atoms with Gasteiger partial charge >= 0.3 is 0 Å². The van der Waals surface area contributed by atoms with Gasteiger partial charge in [0.25, 0.3) is 0 Å². The molecule has 1 aliphatic heterocycles. The Morgan fingerprint density at radius 2 is 2.00 bits per heavy atom. The molecule has 0 unspecified atom stereocenters. The van der Waals surface area contributed by atoms with E-state index in [1.54, 1.807) is 0 Å². The van der Waals surface area contributed by atoms with E-state index in [1.165, 1.54) is 11.1 Å². The largest absolute Gasteiger partial charge is 0.390 e. The molecule has 0 spiro atoms. The Kier molecular flexibility index (Phi) is 2.13. The fourth-order valence-corrected chi connectivity index (χ4v) is 1.48. The lowest BCUT2D eigenvalue weighted by Gasteiger charge is -2.00. The Balaban J connectivity index is 2.26. The third-order valence-corrected chi connectivity index (χ3v) is 2.23. The van der Waals surface area contributed by atoms with Crippen LogP contribution in [-0.2, 0) is 0 Å². The minimum atomic E-state index is 0.732. The van der Waals surface area contributed by atoms with Gasteiger partial charge in [0.15, 0.2) is 0 Å². The maximum Gasteiger partial charge on any atom is 0.150 e. The number of carbonyl (C=O) groups is 1. The molecule has 0 amide bonds. The van der Waals surface area contributed by atoms with Crippen LogP contribution in [0.4, 0.5) is 0 Å². The van der Waals surface area contributed by atoms with Crippen LogP contribution >= 0.6 is 0 Å². The predicted molar refractivity (Wildman–Crippen MR) is 52.4 cm³/mol. The van der Waals surface area contributed by atoms with Crippen molar-refractivity contribution in [2.45, 2.75) is 6.42 Å². The summed E-state index contributed by atoms with van der Waals surface area (Å²) in [5, 5.41) is 3.17. The predicted octanol–water partition coefficient (Wildman–Crippen LogP) is 1.83. The van der Waals surface area contributed by atoms with E-state index in [0.717, 1.165) is 24.8 Å². The van der Waals surface area contributed by atoms with Crippen LogP contribution in [0.1, 0.15) is 22.3 Å². The number of hydrogen-bond acceptors (Lipinski definition) is 2. The quantitative estimate of drug-likeness (QED) is 0.691. The minimum absolute atomic E-state index is 0.732. The molecule has 0 saturated carbocycles. The second kappa shape index (κ2) is 3.44. The Morgan fingerprint density at radius 3 is 2.54 bits per heavy atom. The summed E-state index contributed by atoms with van der Waals surface area (Å²) in [7, 11) is 0. The Labute approximate surface area is 77.3 Å². The van der Waals surface area contributed by atoms with Crippen LogP contribution in [0.2, 0.25) is 0 Å². The van der Waals surface area contributed by atoms with Crippen molar-refractivity contribution in [3.05, 3.63) is 41.6 Å². The number of rotatable bonds is 2. The maximum atomic E-state index is 10.4. The number of hydrogen-bond donors (Lipinski definition) is 1. The normalized spacial score (nSPS) is 14.9. The fourth-order valence-electron chi connectivity index (χ4n) is 1.48. The highest BCUT2D eigenvalue weighted by Crippen LogP contribution is 2.20. The molecule has 0 aromatic heterocycles. The van der Waals surface area contributed by atoms with E-state index >= 15 is 0 Å². The average molecular weight is 173 g/mol. The first kappa shape index (κ1) is 8.05. The van der Waals surface area contributed by atoms with Gasteiger partial charge in [0.05, 0.1) is 0 Å². The van der Waals surface area contributed by atoms with Crippen LogP contribution in [0.3, 0.4) is 0 Å². The van der Waals surface area contributed by atoms with Gasteiger partial charge in [-0.25, -0.2) is 0 Å². The fraction of sp³-hybridized carbons (Fsp3) is 0.182. The third-order valence-electron chi connectivity index (χ3n) is 2.23. The van der Waals surface area contributed by atoms with Gasteiger partial charge in [0, 0.05) is 18.3 Å². The standard InChI is InChI=1S/C11H11NO/c13-8-9-1-3-10(4-2-9)11-5-6-12-7-11/h1-4,7-8,12H,5-6H2. The number of aldehydes is 1. The molecule has 1 aliphatic rings.